The fourth-order valence-corrected chi connectivity index (χ4v) is 2.48. The van der Waals surface area contributed by atoms with Crippen LogP contribution < -0.4 is 5.73 Å². The van der Waals surface area contributed by atoms with Gasteiger partial charge in [-0.05, 0) is 30.4 Å². The normalized spacial score (nSPS) is 23.9. The number of nitro benzene ring substituents is 1. The smallest absolute Gasteiger partial charge is 0.270 e. The number of hydrogen-bond acceptors (Lipinski definition) is 3. The Kier molecular flexibility index (Phi) is 2.75. The van der Waals surface area contributed by atoms with Crippen LogP contribution in [-0.4, -0.2) is 11.5 Å². The van der Waals surface area contributed by atoms with E-state index >= 15 is 0 Å². The second kappa shape index (κ2) is 3.90. The first-order valence-corrected chi connectivity index (χ1v) is 5.56. The lowest BCUT2D eigenvalue weighted by molar-refractivity contribution is -0.384. The molecule has 5 heteroatoms. The van der Waals surface area contributed by atoms with Gasteiger partial charge in [-0.2, -0.15) is 0 Å². The van der Waals surface area contributed by atoms with E-state index in [1.807, 2.05) is 6.07 Å². The fourth-order valence-electron chi connectivity index (χ4n) is 1.82. The Morgan fingerprint density at radius 2 is 2.33 bits per heavy atom. The molecule has 4 nitrogen and oxygen atoms in total. The third kappa shape index (κ3) is 2.03. The van der Waals surface area contributed by atoms with Crippen molar-refractivity contribution in [2.24, 2.45) is 11.7 Å². The number of halogens is 1. The van der Waals surface area contributed by atoms with Crippen molar-refractivity contribution >= 4 is 21.6 Å². The van der Waals surface area contributed by atoms with Crippen LogP contribution in [0, 0.1) is 16.0 Å². The number of nitro groups is 1. The van der Waals surface area contributed by atoms with Crippen LogP contribution in [0.1, 0.15) is 17.9 Å². The largest absolute Gasteiger partial charge is 0.330 e. The van der Waals surface area contributed by atoms with Crippen LogP contribution in [0.2, 0.25) is 0 Å². The Balaban J connectivity index is 2.24. The second-order valence-corrected chi connectivity index (χ2v) is 4.66. The Morgan fingerprint density at radius 1 is 1.60 bits per heavy atom. The van der Waals surface area contributed by atoms with Gasteiger partial charge in [0.15, 0.2) is 0 Å². The van der Waals surface area contributed by atoms with E-state index in [1.165, 1.54) is 0 Å². The summed E-state index contributed by atoms with van der Waals surface area (Å²) in [5.74, 6) is 1.02. The van der Waals surface area contributed by atoms with E-state index in [0.717, 1.165) is 16.5 Å². The van der Waals surface area contributed by atoms with E-state index in [4.69, 9.17) is 5.73 Å². The van der Waals surface area contributed by atoms with E-state index in [-0.39, 0.29) is 10.6 Å². The number of nitrogens with two attached hydrogens (primary N) is 1. The average Bonchev–Trinajstić information content (AvgIpc) is 2.96. The molecule has 0 bridgehead atoms. The molecule has 0 heterocycles. The van der Waals surface area contributed by atoms with Crippen LogP contribution in [0.25, 0.3) is 0 Å². The Bertz CT molecular complexity index is 408. The molecule has 1 aliphatic rings. The molecule has 1 aromatic carbocycles. The standard InChI is InChI=1S/C10H11BrN2O2/c11-10-4-7(13(14)15)1-2-8(10)9-3-6(9)5-12/h1-2,4,6,9H,3,5,12H2. The maximum Gasteiger partial charge on any atom is 0.270 e. The third-order valence-corrected chi connectivity index (χ3v) is 3.51. The van der Waals surface area contributed by atoms with Crippen molar-refractivity contribution in [1.82, 2.24) is 0 Å². The summed E-state index contributed by atoms with van der Waals surface area (Å²) in [5.41, 5.74) is 6.82. The lowest BCUT2D eigenvalue weighted by Crippen LogP contribution is -2.02. The maximum atomic E-state index is 10.5. The number of rotatable bonds is 3. The van der Waals surface area contributed by atoms with E-state index in [1.54, 1.807) is 12.1 Å². The highest BCUT2D eigenvalue weighted by molar-refractivity contribution is 9.10. The molecule has 80 valence electrons. The first kappa shape index (κ1) is 10.6. The van der Waals surface area contributed by atoms with Gasteiger partial charge in [0, 0.05) is 16.6 Å². The molecule has 0 saturated heterocycles. The molecule has 1 fully saturated rings. The minimum absolute atomic E-state index is 0.121. The Hall–Kier alpha value is -0.940. The topological polar surface area (TPSA) is 69.2 Å². The van der Waals surface area contributed by atoms with Gasteiger partial charge in [0.1, 0.15) is 0 Å². The molecular weight excluding hydrogens is 260 g/mol. The van der Waals surface area contributed by atoms with Gasteiger partial charge in [0.25, 0.3) is 5.69 Å². The van der Waals surface area contributed by atoms with Gasteiger partial charge in [0.05, 0.1) is 4.92 Å². The zero-order valence-electron chi connectivity index (χ0n) is 8.02. The molecule has 0 amide bonds. The Labute approximate surface area is 95.7 Å². The van der Waals surface area contributed by atoms with Gasteiger partial charge in [-0.3, -0.25) is 10.1 Å². The van der Waals surface area contributed by atoms with Crippen LogP contribution in [0.15, 0.2) is 22.7 Å². The molecule has 15 heavy (non-hydrogen) atoms. The molecule has 2 rings (SSSR count). The predicted octanol–water partition coefficient (Wildman–Crippen LogP) is 2.42. The summed E-state index contributed by atoms with van der Waals surface area (Å²) in [5, 5.41) is 10.5. The zero-order valence-corrected chi connectivity index (χ0v) is 9.61. The van der Waals surface area contributed by atoms with Crippen LogP contribution in [-0.2, 0) is 0 Å². The van der Waals surface area contributed by atoms with Gasteiger partial charge in [-0.25, -0.2) is 0 Å². The quantitative estimate of drug-likeness (QED) is 0.678. The first-order chi connectivity index (χ1) is 7.13. The Morgan fingerprint density at radius 3 is 2.80 bits per heavy atom. The second-order valence-electron chi connectivity index (χ2n) is 3.80. The molecule has 0 spiro atoms. The summed E-state index contributed by atoms with van der Waals surface area (Å²) in [6, 6.07) is 4.93. The van der Waals surface area contributed by atoms with Crippen molar-refractivity contribution < 1.29 is 4.92 Å². The summed E-state index contributed by atoms with van der Waals surface area (Å²) in [7, 11) is 0. The summed E-state index contributed by atoms with van der Waals surface area (Å²) >= 11 is 3.37. The van der Waals surface area contributed by atoms with Crippen molar-refractivity contribution in [1.29, 1.82) is 0 Å². The van der Waals surface area contributed by atoms with Crippen molar-refractivity contribution in [2.75, 3.05) is 6.54 Å². The predicted molar refractivity (Wildman–Crippen MR) is 60.7 cm³/mol. The minimum atomic E-state index is -0.387. The van der Waals surface area contributed by atoms with Gasteiger partial charge in [0.2, 0.25) is 0 Å². The molecule has 2 atom stereocenters. The molecule has 0 aliphatic heterocycles. The monoisotopic (exact) mass is 270 g/mol. The number of nitrogens with zero attached hydrogens (tertiary/aromatic N) is 1. The molecule has 0 aromatic heterocycles. The van der Waals surface area contributed by atoms with Gasteiger partial charge in [-0.15, -0.1) is 0 Å². The summed E-state index contributed by atoms with van der Waals surface area (Å²) < 4.78 is 0.817. The number of non-ortho nitro benzene ring substituents is 1. The average molecular weight is 271 g/mol. The molecule has 1 aromatic rings. The lowest BCUT2D eigenvalue weighted by atomic mass is 10.1. The highest BCUT2D eigenvalue weighted by Crippen LogP contribution is 2.49. The first-order valence-electron chi connectivity index (χ1n) is 4.77. The number of benzene rings is 1. The van der Waals surface area contributed by atoms with Gasteiger partial charge >= 0.3 is 0 Å². The van der Waals surface area contributed by atoms with Crippen LogP contribution in [0.3, 0.4) is 0 Å². The van der Waals surface area contributed by atoms with E-state index < -0.39 is 0 Å². The van der Waals surface area contributed by atoms with E-state index in [0.29, 0.717) is 18.4 Å². The molecule has 2 unspecified atom stereocenters. The van der Waals surface area contributed by atoms with Crippen molar-refractivity contribution in [3.8, 4) is 0 Å². The van der Waals surface area contributed by atoms with Gasteiger partial charge in [-0.1, -0.05) is 22.0 Å². The molecule has 0 radical (unpaired) electrons. The van der Waals surface area contributed by atoms with E-state index in [9.17, 15) is 10.1 Å². The minimum Gasteiger partial charge on any atom is -0.330 e. The van der Waals surface area contributed by atoms with Crippen LogP contribution >= 0.6 is 15.9 Å². The van der Waals surface area contributed by atoms with Gasteiger partial charge < -0.3 is 5.73 Å². The van der Waals surface area contributed by atoms with Crippen molar-refractivity contribution in [3.63, 3.8) is 0 Å². The highest BCUT2D eigenvalue weighted by atomic mass is 79.9. The maximum absolute atomic E-state index is 10.5. The zero-order chi connectivity index (χ0) is 11.0. The summed E-state index contributed by atoms with van der Waals surface area (Å²) in [4.78, 5) is 10.1. The molecule has 2 N–H and O–H groups in total. The third-order valence-electron chi connectivity index (χ3n) is 2.82. The van der Waals surface area contributed by atoms with Crippen LogP contribution in [0.5, 0.6) is 0 Å². The highest BCUT2D eigenvalue weighted by Gasteiger charge is 2.38. The van der Waals surface area contributed by atoms with Crippen molar-refractivity contribution in [3.05, 3.63) is 38.3 Å². The lowest BCUT2D eigenvalue weighted by Gasteiger charge is -2.02. The SMILES string of the molecule is NCC1CC1c1ccc([N+](=O)[O-])cc1Br. The van der Waals surface area contributed by atoms with Crippen LogP contribution in [0.4, 0.5) is 5.69 Å². The molecule has 1 saturated carbocycles. The molecular formula is C10H11BrN2O2. The summed E-state index contributed by atoms with van der Waals surface area (Å²) in [6.07, 6.45) is 1.09. The fraction of sp³-hybridized carbons (Fsp3) is 0.400. The summed E-state index contributed by atoms with van der Waals surface area (Å²) in [6.45, 7) is 0.689. The molecule has 1 aliphatic carbocycles. The number of hydrogen-bond donors (Lipinski definition) is 1. The van der Waals surface area contributed by atoms with Crippen molar-refractivity contribution in [2.45, 2.75) is 12.3 Å². The van der Waals surface area contributed by atoms with E-state index in [2.05, 4.69) is 15.9 Å².